The van der Waals surface area contributed by atoms with E-state index in [1.165, 1.54) is 157 Å². The number of para-hydroxylation sites is 2. The lowest BCUT2D eigenvalue weighted by atomic mass is 9.83. The summed E-state index contributed by atoms with van der Waals surface area (Å²) in [7, 11) is 0. The molecule has 0 amide bonds. The van der Waals surface area contributed by atoms with Crippen LogP contribution >= 0.6 is 22.9 Å². The lowest BCUT2D eigenvalue weighted by molar-refractivity contribution is 0.443. The first kappa shape index (κ1) is 118. The molecule has 1 aliphatic rings. The molecule has 1 aliphatic carbocycles. The van der Waals surface area contributed by atoms with Crippen molar-refractivity contribution in [2.24, 2.45) is 23.7 Å². The molecule has 0 atom stereocenters. The largest absolute Gasteiger partial charge is 0.455 e. The average Bonchev–Trinajstić information content (AvgIpc) is 1.63. The summed E-state index contributed by atoms with van der Waals surface area (Å²) < 4.78 is 5.72. The standard InChI is InChI=1S/C16H18.C15H17NO.C15H22.C12H13NS.3C11H16.C10H13Cl.2C10H14.4CH4/c1-12(2)14-7-9-15(10-8-14)16-6-4-5-13(3)11-16;1-11(2)12-7-9-13(10-8-12)17-15-6-4-3-5-14(15)16;1-12(2)13-8-10-15(11-9-13)14-6-4-3-5-7-14;1-9(2)10-3-5-11(6-4-10)12-7-14-8-13-12;2*1-9(2)8-11-6-4-10(3)5-7-11;1-9(2)7-11-6-4-5-10(3)8-11;1-8(2)7-9-3-5-10(11)6-4-9;2*1-8(2)10-6-4-9(3)5-7-10;;;;/h4-12H,1-3H3;3-11H,16H2,1-2H3;8-12,14H,3-7H2,1-2H3;3-9H,1-2H3;2*4-7,9H,8H2,1-3H3;4-6,8-9H,7H2,1-3H3;3-6,8H,7H2,1-2H3;2*4-8H,1-3H3;4*1H4. The lowest BCUT2D eigenvalue weighted by Crippen LogP contribution is -2.04. The van der Waals surface area contributed by atoms with Crippen molar-refractivity contribution in [3.05, 3.63) is 402 Å². The van der Waals surface area contributed by atoms with Gasteiger partial charge in [0.05, 0.1) is 16.9 Å². The number of rotatable bonds is 19. The number of nitrogens with two attached hydrogens (primary N) is 1. The molecule has 14 rings (SSSR count). The van der Waals surface area contributed by atoms with E-state index < -0.39 is 0 Å². The van der Waals surface area contributed by atoms with E-state index in [1.807, 2.05) is 54.0 Å². The molecular weight excluding hydrogens is 1610 g/mol. The molecule has 704 valence electrons. The summed E-state index contributed by atoms with van der Waals surface area (Å²) in [4.78, 5) is 4.28. The quantitative estimate of drug-likeness (QED) is 0.0821. The van der Waals surface area contributed by atoms with E-state index in [0.717, 1.165) is 52.5 Å². The first-order valence-corrected chi connectivity index (χ1v) is 48.2. The molecule has 0 aliphatic heterocycles. The highest BCUT2D eigenvalue weighted by Crippen LogP contribution is 2.34. The topological polar surface area (TPSA) is 48.1 Å². The number of aryl methyl sites for hydroxylation is 6. The summed E-state index contributed by atoms with van der Waals surface area (Å²) in [6.07, 6.45) is 11.8. The van der Waals surface area contributed by atoms with E-state index in [4.69, 9.17) is 22.1 Å². The SMILES string of the molecule is C.C.C.C.CC(C)Cc1ccc(Cl)cc1.CC(C)c1ccc(-c2cscn2)cc1.CC(C)c1ccc(C2CCCCC2)cc1.CC(C)c1ccc(Oc2ccccc2N)cc1.Cc1ccc(C(C)C)cc1.Cc1ccc(C(C)C)cc1.Cc1ccc(CC(C)C)cc1.Cc1ccc(CC(C)C)cc1.Cc1cccc(-c2ccc(C(C)C)cc2)c1.Cc1cccc(CC(C)C)c1. The van der Waals surface area contributed by atoms with Gasteiger partial charge >= 0.3 is 0 Å². The van der Waals surface area contributed by atoms with Crippen LogP contribution in [0.3, 0.4) is 0 Å². The van der Waals surface area contributed by atoms with Crippen LogP contribution in [0, 0.1) is 65.2 Å². The minimum Gasteiger partial charge on any atom is -0.455 e. The zero-order chi connectivity index (χ0) is 92.6. The summed E-state index contributed by atoms with van der Waals surface area (Å²) in [6.45, 7) is 57.3. The van der Waals surface area contributed by atoms with E-state index in [0.29, 0.717) is 46.9 Å². The minimum atomic E-state index is 0. The Morgan fingerprint density at radius 2 is 0.638 bits per heavy atom. The molecule has 1 saturated carbocycles. The van der Waals surface area contributed by atoms with Crippen molar-refractivity contribution in [1.82, 2.24) is 4.98 Å². The monoisotopic (exact) mass is 1790 g/mol. The number of nitrogens with zero attached hydrogens (tertiary/aromatic N) is 1. The molecule has 0 radical (unpaired) electrons. The summed E-state index contributed by atoms with van der Waals surface area (Å²) in [5.74, 6) is 9.06. The number of benzene rings is 12. The highest BCUT2D eigenvalue weighted by Gasteiger charge is 2.16. The van der Waals surface area contributed by atoms with Crippen LogP contribution in [-0.2, 0) is 25.7 Å². The molecule has 0 spiro atoms. The zero-order valence-electron chi connectivity index (χ0n) is 82.3. The van der Waals surface area contributed by atoms with Crippen molar-refractivity contribution in [3.63, 3.8) is 0 Å². The maximum absolute atomic E-state index is 5.82. The smallest absolute Gasteiger partial charge is 0.150 e. The molecule has 5 heteroatoms. The fourth-order valence-corrected chi connectivity index (χ4v) is 14.9. The van der Waals surface area contributed by atoms with Crippen molar-refractivity contribution < 1.29 is 4.74 Å². The predicted molar refractivity (Wildman–Crippen MR) is 587 cm³/mol. The Kier molecular flexibility index (Phi) is 59.0. The molecule has 1 fully saturated rings. The van der Waals surface area contributed by atoms with Gasteiger partial charge in [0.2, 0.25) is 0 Å². The van der Waals surface area contributed by atoms with Gasteiger partial charge in [0.25, 0.3) is 0 Å². The first-order chi connectivity index (χ1) is 60.0. The Labute approximate surface area is 806 Å². The van der Waals surface area contributed by atoms with Gasteiger partial charge < -0.3 is 10.5 Å². The van der Waals surface area contributed by atoms with Gasteiger partial charge in [-0.2, -0.15) is 0 Å². The second-order valence-corrected chi connectivity index (χ2v) is 39.1. The molecule has 0 saturated heterocycles. The van der Waals surface area contributed by atoms with E-state index in [9.17, 15) is 0 Å². The van der Waals surface area contributed by atoms with Gasteiger partial charge in [0, 0.05) is 16.0 Å². The van der Waals surface area contributed by atoms with Crippen molar-refractivity contribution in [1.29, 1.82) is 0 Å². The van der Waals surface area contributed by atoms with Crippen LogP contribution in [0.15, 0.2) is 302 Å². The van der Waals surface area contributed by atoms with E-state index in [2.05, 4.69) is 433 Å². The second kappa shape index (κ2) is 64.9. The van der Waals surface area contributed by atoms with E-state index in [1.54, 1.807) is 16.9 Å². The highest BCUT2D eigenvalue weighted by atomic mass is 35.5. The van der Waals surface area contributed by atoms with Gasteiger partial charge in [0.15, 0.2) is 0 Å². The summed E-state index contributed by atoms with van der Waals surface area (Å²) in [6, 6.07) is 103. The summed E-state index contributed by atoms with van der Waals surface area (Å²) in [5, 5.41) is 2.89. The molecule has 12 aromatic carbocycles. The average molecular weight is 1790 g/mol. The Balaban J connectivity index is 0.000000724. The van der Waals surface area contributed by atoms with Crippen LogP contribution in [0.1, 0.15) is 336 Å². The number of hydrogen-bond acceptors (Lipinski definition) is 4. The number of thiazole rings is 1. The van der Waals surface area contributed by atoms with Crippen LogP contribution in [0.25, 0.3) is 22.4 Å². The molecule has 130 heavy (non-hydrogen) atoms. The molecule has 1 heterocycles. The second-order valence-electron chi connectivity index (χ2n) is 37.9. The van der Waals surface area contributed by atoms with Crippen molar-refractivity contribution in [2.45, 2.75) is 309 Å². The van der Waals surface area contributed by atoms with Gasteiger partial charge in [-0.3, -0.25) is 0 Å². The number of anilines is 1. The van der Waals surface area contributed by atoms with Crippen LogP contribution in [0.4, 0.5) is 5.69 Å². The number of aromatic nitrogens is 1. The third-order valence-electron chi connectivity index (χ3n) is 21.9. The first-order valence-electron chi connectivity index (χ1n) is 46.9. The van der Waals surface area contributed by atoms with Crippen LogP contribution < -0.4 is 10.5 Å². The molecule has 0 bridgehead atoms. The fourth-order valence-electron chi connectivity index (χ4n) is 14.2. The van der Waals surface area contributed by atoms with Crippen molar-refractivity contribution in [3.8, 4) is 33.9 Å². The van der Waals surface area contributed by atoms with Crippen LogP contribution in [0.5, 0.6) is 11.5 Å². The molecule has 0 unspecified atom stereocenters. The van der Waals surface area contributed by atoms with Gasteiger partial charge in [-0.15, -0.1) is 11.3 Å². The third-order valence-corrected chi connectivity index (χ3v) is 22.7. The maximum atomic E-state index is 5.82. The van der Waals surface area contributed by atoms with Gasteiger partial charge in [-0.25, -0.2) is 4.98 Å². The van der Waals surface area contributed by atoms with Gasteiger partial charge in [-0.1, -0.05) is 487 Å². The predicted octanol–water partition coefficient (Wildman–Crippen LogP) is 39.7. The highest BCUT2D eigenvalue weighted by molar-refractivity contribution is 7.07. The summed E-state index contributed by atoms with van der Waals surface area (Å²) >= 11 is 7.38. The number of nitrogen functional groups attached to an aromatic ring is 1. The van der Waals surface area contributed by atoms with Crippen LogP contribution in [0.2, 0.25) is 5.02 Å². The summed E-state index contributed by atoms with van der Waals surface area (Å²) in [5.41, 5.74) is 36.9. The zero-order valence-corrected chi connectivity index (χ0v) is 83.9. The maximum Gasteiger partial charge on any atom is 0.150 e. The number of ether oxygens (including phenoxy) is 1. The van der Waals surface area contributed by atoms with Crippen molar-refractivity contribution >= 4 is 28.6 Å². The lowest BCUT2D eigenvalue weighted by Gasteiger charge is -2.22. The Hall–Kier alpha value is -9.84. The Morgan fingerprint density at radius 1 is 0.315 bits per heavy atom. The van der Waals surface area contributed by atoms with E-state index >= 15 is 0 Å². The molecule has 1 aromatic heterocycles. The Bertz CT molecular complexity index is 4800. The van der Waals surface area contributed by atoms with Gasteiger partial charge in [-0.05, 0) is 254 Å². The van der Waals surface area contributed by atoms with Gasteiger partial charge in [0.1, 0.15) is 11.5 Å². The van der Waals surface area contributed by atoms with Crippen LogP contribution in [-0.4, -0.2) is 4.98 Å². The number of hydrogen-bond donors (Lipinski definition) is 1. The fraction of sp³-hybridized carbons (Fsp3) is 0.400. The van der Waals surface area contributed by atoms with Crippen molar-refractivity contribution in [2.75, 3.05) is 5.73 Å². The molecule has 3 nitrogen and oxygen atoms in total. The third kappa shape index (κ3) is 48.9. The van der Waals surface area contributed by atoms with E-state index in [-0.39, 0.29) is 29.7 Å². The minimum absolute atomic E-state index is 0. The molecule has 2 N–H and O–H groups in total. The molecule has 13 aromatic rings. The Morgan fingerprint density at radius 3 is 0.985 bits per heavy atom. The molecular formula is C125H175ClN2OS. The normalized spacial score (nSPS) is 11.1. The number of halogens is 1.